The van der Waals surface area contributed by atoms with Gasteiger partial charge in [0.1, 0.15) is 11.4 Å². The number of methoxy groups -OCH3 is 1. The highest BCUT2D eigenvalue weighted by atomic mass is 16.6. The maximum Gasteiger partial charge on any atom is 0.408 e. The van der Waals surface area contributed by atoms with E-state index >= 15 is 0 Å². The number of pyridine rings is 1. The Hall–Kier alpha value is -3.80. The normalized spacial score (nSPS) is 12.5. The Labute approximate surface area is 205 Å². The van der Waals surface area contributed by atoms with Crippen LogP contribution in [0, 0.1) is 13.8 Å². The molecule has 4 aromatic rings. The Morgan fingerprint density at radius 3 is 2.31 bits per heavy atom. The number of H-pyrrole nitrogens is 1. The first kappa shape index (κ1) is 24.3. The smallest absolute Gasteiger partial charge is 0.408 e. The zero-order chi connectivity index (χ0) is 25.5. The third-order valence-corrected chi connectivity index (χ3v) is 6.07. The standard InChI is InChI=1S/C29H32N2O4/c1-16-8-13-21-22(14-16)27(32)31-26-17(2)15-23(34-7)24(25(21)26)20-11-9-19(10-12-20)18(3)30-28(33)35-29(4,5)6/h8-15,18H,1-7H3,(H,30,33)(H,31,32)/t18-/m1/s1. The maximum absolute atomic E-state index is 12.9. The lowest BCUT2D eigenvalue weighted by Gasteiger charge is -2.22. The van der Waals surface area contributed by atoms with Crippen molar-refractivity contribution in [2.45, 2.75) is 53.2 Å². The molecule has 1 heterocycles. The summed E-state index contributed by atoms with van der Waals surface area (Å²) >= 11 is 0. The van der Waals surface area contributed by atoms with Gasteiger partial charge in [-0.2, -0.15) is 0 Å². The zero-order valence-corrected chi connectivity index (χ0v) is 21.3. The molecular weight excluding hydrogens is 440 g/mol. The van der Waals surface area contributed by atoms with E-state index in [1.165, 1.54) is 0 Å². The molecule has 0 aliphatic rings. The predicted octanol–water partition coefficient (Wildman–Crippen LogP) is 6.56. The van der Waals surface area contributed by atoms with Crippen molar-refractivity contribution in [2.75, 3.05) is 7.11 Å². The fraction of sp³-hybridized carbons (Fsp3) is 0.310. The lowest BCUT2D eigenvalue weighted by atomic mass is 9.92. The van der Waals surface area contributed by atoms with E-state index < -0.39 is 11.7 Å². The molecule has 0 saturated heterocycles. The summed E-state index contributed by atoms with van der Waals surface area (Å²) in [5.74, 6) is 0.733. The summed E-state index contributed by atoms with van der Waals surface area (Å²) in [7, 11) is 1.66. The van der Waals surface area contributed by atoms with Crippen molar-refractivity contribution in [2.24, 2.45) is 0 Å². The highest BCUT2D eigenvalue weighted by Gasteiger charge is 2.20. The minimum absolute atomic E-state index is 0.104. The number of carbonyl (C=O) groups is 1. The van der Waals surface area contributed by atoms with Gasteiger partial charge < -0.3 is 19.8 Å². The van der Waals surface area contributed by atoms with Crippen LogP contribution >= 0.6 is 0 Å². The van der Waals surface area contributed by atoms with Crippen molar-refractivity contribution < 1.29 is 14.3 Å². The topological polar surface area (TPSA) is 80.4 Å². The summed E-state index contributed by atoms with van der Waals surface area (Å²) in [4.78, 5) is 28.1. The molecule has 6 heteroatoms. The van der Waals surface area contributed by atoms with E-state index in [2.05, 4.69) is 10.3 Å². The van der Waals surface area contributed by atoms with Crippen molar-refractivity contribution >= 4 is 27.8 Å². The number of amides is 1. The molecule has 0 bridgehead atoms. The molecule has 6 nitrogen and oxygen atoms in total. The van der Waals surface area contributed by atoms with Crippen LogP contribution in [0.4, 0.5) is 4.79 Å². The number of alkyl carbamates (subject to hydrolysis) is 1. The predicted molar refractivity (Wildman–Crippen MR) is 141 cm³/mol. The van der Waals surface area contributed by atoms with Crippen LogP contribution in [0.15, 0.2) is 53.3 Å². The Kier molecular flexibility index (Phi) is 6.32. The van der Waals surface area contributed by atoms with E-state index in [4.69, 9.17) is 9.47 Å². The molecule has 1 amide bonds. The maximum atomic E-state index is 12.9. The minimum atomic E-state index is -0.557. The van der Waals surface area contributed by atoms with Crippen LogP contribution in [0.1, 0.15) is 50.4 Å². The molecule has 182 valence electrons. The third kappa shape index (κ3) is 4.87. The van der Waals surface area contributed by atoms with Gasteiger partial charge in [-0.3, -0.25) is 4.79 Å². The number of hydrogen-bond donors (Lipinski definition) is 2. The minimum Gasteiger partial charge on any atom is -0.496 e. The quantitative estimate of drug-likeness (QED) is 0.330. The molecular formula is C29H32N2O4. The average molecular weight is 473 g/mol. The highest BCUT2D eigenvalue weighted by molar-refractivity contribution is 6.15. The Balaban J connectivity index is 1.83. The molecule has 2 N–H and O–H groups in total. The number of ether oxygens (including phenoxy) is 2. The van der Waals surface area contributed by atoms with Crippen molar-refractivity contribution in [3.63, 3.8) is 0 Å². The monoisotopic (exact) mass is 472 g/mol. The van der Waals surface area contributed by atoms with E-state index in [1.807, 2.05) is 90.1 Å². The van der Waals surface area contributed by atoms with Crippen LogP contribution in [0.3, 0.4) is 0 Å². The van der Waals surface area contributed by atoms with Gasteiger partial charge in [-0.1, -0.05) is 42.0 Å². The second-order valence-electron chi connectivity index (χ2n) is 10.0. The van der Waals surface area contributed by atoms with Crippen LogP contribution in [0.5, 0.6) is 5.75 Å². The zero-order valence-electron chi connectivity index (χ0n) is 21.3. The molecule has 1 atom stereocenters. The summed E-state index contributed by atoms with van der Waals surface area (Å²) in [6, 6.07) is 15.7. The fourth-order valence-corrected chi connectivity index (χ4v) is 4.42. The molecule has 3 aromatic carbocycles. The Bertz CT molecular complexity index is 1480. The fourth-order valence-electron chi connectivity index (χ4n) is 4.42. The number of aromatic nitrogens is 1. The number of benzene rings is 3. The van der Waals surface area contributed by atoms with Crippen molar-refractivity contribution in [1.29, 1.82) is 0 Å². The number of nitrogens with one attached hydrogen (secondary N) is 2. The molecule has 0 aliphatic heterocycles. The highest BCUT2D eigenvalue weighted by Crippen LogP contribution is 2.41. The Morgan fingerprint density at radius 1 is 1.00 bits per heavy atom. The molecule has 0 spiro atoms. The number of aromatic amines is 1. The number of carbonyl (C=O) groups excluding carboxylic acids is 1. The van der Waals surface area contributed by atoms with Gasteiger partial charge >= 0.3 is 6.09 Å². The molecule has 4 rings (SSSR count). The van der Waals surface area contributed by atoms with Gasteiger partial charge in [-0.25, -0.2) is 4.79 Å². The van der Waals surface area contributed by atoms with Gasteiger partial charge in [-0.15, -0.1) is 0 Å². The second kappa shape index (κ2) is 9.10. The van der Waals surface area contributed by atoms with Crippen LogP contribution in [0.2, 0.25) is 0 Å². The molecule has 0 unspecified atom stereocenters. The number of hydrogen-bond acceptors (Lipinski definition) is 4. The number of aryl methyl sites for hydroxylation is 2. The largest absolute Gasteiger partial charge is 0.496 e. The van der Waals surface area contributed by atoms with E-state index in [0.717, 1.165) is 49.9 Å². The van der Waals surface area contributed by atoms with E-state index in [-0.39, 0.29) is 11.6 Å². The number of rotatable bonds is 4. The molecule has 0 saturated carbocycles. The van der Waals surface area contributed by atoms with Crippen LogP contribution in [-0.2, 0) is 4.74 Å². The first-order chi connectivity index (χ1) is 16.5. The van der Waals surface area contributed by atoms with Gasteiger partial charge in [0.25, 0.3) is 5.56 Å². The van der Waals surface area contributed by atoms with E-state index in [9.17, 15) is 9.59 Å². The van der Waals surface area contributed by atoms with E-state index in [1.54, 1.807) is 7.11 Å². The summed E-state index contributed by atoms with van der Waals surface area (Å²) in [6.45, 7) is 11.4. The van der Waals surface area contributed by atoms with Crippen molar-refractivity contribution in [3.8, 4) is 16.9 Å². The van der Waals surface area contributed by atoms with Gasteiger partial charge in [0.2, 0.25) is 0 Å². The van der Waals surface area contributed by atoms with Crippen LogP contribution < -0.4 is 15.6 Å². The average Bonchev–Trinajstić information content (AvgIpc) is 2.78. The van der Waals surface area contributed by atoms with Crippen LogP contribution in [0.25, 0.3) is 32.8 Å². The molecule has 0 radical (unpaired) electrons. The lowest BCUT2D eigenvalue weighted by molar-refractivity contribution is 0.0508. The molecule has 1 aromatic heterocycles. The molecule has 35 heavy (non-hydrogen) atoms. The third-order valence-electron chi connectivity index (χ3n) is 6.07. The van der Waals surface area contributed by atoms with Gasteiger partial charge in [0, 0.05) is 16.3 Å². The lowest BCUT2D eigenvalue weighted by Crippen LogP contribution is -2.34. The summed E-state index contributed by atoms with van der Waals surface area (Å²) in [5.41, 5.74) is 4.92. The SMILES string of the molecule is COc1cc(C)c2[nH]c(=O)c3cc(C)ccc3c2c1-c1ccc([C@@H](C)NC(=O)OC(C)(C)C)cc1. The van der Waals surface area contributed by atoms with Crippen molar-refractivity contribution in [1.82, 2.24) is 10.3 Å². The summed E-state index contributed by atoms with van der Waals surface area (Å²) in [5, 5.41) is 5.37. The van der Waals surface area contributed by atoms with Gasteiger partial charge in [0.05, 0.1) is 18.7 Å². The molecule has 0 aliphatic carbocycles. The first-order valence-corrected chi connectivity index (χ1v) is 11.7. The van der Waals surface area contributed by atoms with Gasteiger partial charge in [-0.05, 0) is 75.8 Å². The molecule has 0 fully saturated rings. The number of fused-ring (bicyclic) bond motifs is 3. The van der Waals surface area contributed by atoms with Crippen LogP contribution in [-0.4, -0.2) is 23.8 Å². The first-order valence-electron chi connectivity index (χ1n) is 11.7. The summed E-state index contributed by atoms with van der Waals surface area (Å²) in [6.07, 6.45) is -0.453. The van der Waals surface area contributed by atoms with Gasteiger partial charge in [0.15, 0.2) is 0 Å². The Morgan fingerprint density at radius 2 is 1.69 bits per heavy atom. The second-order valence-corrected chi connectivity index (χ2v) is 10.0. The van der Waals surface area contributed by atoms with E-state index in [0.29, 0.717) is 5.39 Å². The summed E-state index contributed by atoms with van der Waals surface area (Å²) < 4.78 is 11.2. The van der Waals surface area contributed by atoms with Crippen molar-refractivity contribution in [3.05, 3.63) is 75.6 Å².